The molecule has 1 amide bonds. The molecule has 9 heteroatoms. The number of carbonyl (C=O) groups excluding carboxylic acids is 1. The van der Waals surface area contributed by atoms with Gasteiger partial charge >= 0.3 is 0 Å². The van der Waals surface area contributed by atoms with E-state index in [0.717, 1.165) is 28.2 Å². The monoisotopic (exact) mass is 444 g/mol. The molecule has 2 aromatic carbocycles. The van der Waals surface area contributed by atoms with Crippen LogP contribution in [0.4, 0.5) is 17.1 Å². The zero-order valence-electron chi connectivity index (χ0n) is 19.0. The minimum absolute atomic E-state index is 0.0165. The summed E-state index contributed by atoms with van der Waals surface area (Å²) in [5.41, 5.74) is 9.85. The molecular formula is C24H26N7O2+. The van der Waals surface area contributed by atoms with Gasteiger partial charge < -0.3 is 21.1 Å². The molecule has 3 heterocycles. The van der Waals surface area contributed by atoms with Crippen molar-refractivity contribution in [1.29, 1.82) is 0 Å². The number of quaternary nitrogens is 1. The molecule has 33 heavy (non-hydrogen) atoms. The van der Waals surface area contributed by atoms with Gasteiger partial charge in [-0.2, -0.15) is 4.99 Å². The normalized spacial score (nSPS) is 22.8. The lowest BCUT2D eigenvalue weighted by Crippen LogP contribution is -2.44. The molecule has 3 aliphatic rings. The lowest BCUT2D eigenvalue weighted by molar-refractivity contribution is -0.119. The molecule has 5 rings (SSSR count). The molecule has 168 valence electrons. The predicted octanol–water partition coefficient (Wildman–Crippen LogP) is 3.60. The Morgan fingerprint density at radius 2 is 2.03 bits per heavy atom. The summed E-state index contributed by atoms with van der Waals surface area (Å²) in [6, 6.07) is 11.5. The number of nitrogens with zero attached hydrogens (tertiary/aromatic N) is 4. The number of hydrogen-bond donors (Lipinski definition) is 3. The summed E-state index contributed by atoms with van der Waals surface area (Å²) in [6.45, 7) is 5.76. The molecule has 3 aliphatic heterocycles. The van der Waals surface area contributed by atoms with E-state index in [9.17, 15) is 4.79 Å². The number of amides is 1. The predicted molar refractivity (Wildman–Crippen MR) is 132 cm³/mol. The van der Waals surface area contributed by atoms with E-state index in [-0.39, 0.29) is 16.5 Å². The minimum Gasteiger partial charge on any atom is -0.491 e. The van der Waals surface area contributed by atoms with Crippen LogP contribution in [0.25, 0.3) is 0 Å². The third kappa shape index (κ3) is 3.24. The van der Waals surface area contributed by atoms with E-state index < -0.39 is 5.41 Å². The molecular weight excluding hydrogens is 418 g/mol. The van der Waals surface area contributed by atoms with Crippen LogP contribution in [-0.4, -0.2) is 31.0 Å². The number of methoxy groups -OCH3 is 1. The van der Waals surface area contributed by atoms with E-state index in [0.29, 0.717) is 17.5 Å². The summed E-state index contributed by atoms with van der Waals surface area (Å²) in [5, 5.41) is 11.1. The fourth-order valence-corrected chi connectivity index (χ4v) is 4.25. The number of hydrogen-bond acceptors (Lipinski definition) is 7. The molecule has 0 saturated carbocycles. The second kappa shape index (κ2) is 7.36. The number of nitrogens with one attached hydrogen (secondary N) is 2. The highest BCUT2D eigenvalue weighted by molar-refractivity contribution is 6.38. The fourth-order valence-electron chi connectivity index (χ4n) is 4.25. The van der Waals surface area contributed by atoms with Crippen molar-refractivity contribution in [3.8, 4) is 5.75 Å². The summed E-state index contributed by atoms with van der Waals surface area (Å²) in [5.74, 6) is 1.69. The van der Waals surface area contributed by atoms with Gasteiger partial charge in [0.05, 0.1) is 18.7 Å². The number of ether oxygens (including phenoxy) is 1. The molecule has 0 fully saturated rings. The van der Waals surface area contributed by atoms with Crippen molar-refractivity contribution in [2.75, 3.05) is 17.7 Å². The third-order valence-electron chi connectivity index (χ3n) is 6.24. The van der Waals surface area contributed by atoms with Gasteiger partial charge in [-0.25, -0.2) is 0 Å². The zero-order chi connectivity index (χ0) is 23.4. The van der Waals surface area contributed by atoms with Crippen molar-refractivity contribution in [3.05, 3.63) is 59.9 Å². The number of nitrogens with two attached hydrogens (primary N) is 1. The Hall–Kier alpha value is -3.82. The molecule has 2 atom stereocenters. The molecule has 1 unspecified atom stereocenters. The Morgan fingerprint density at radius 3 is 2.79 bits per heavy atom. The number of guanidine groups is 1. The smallest absolute Gasteiger partial charge is 0.287 e. The van der Waals surface area contributed by atoms with Crippen LogP contribution < -0.4 is 25.7 Å². The second-order valence-electron chi connectivity index (χ2n) is 8.84. The fraction of sp³-hybridized carbons (Fsp3) is 0.250. The second-order valence-corrected chi connectivity index (χ2v) is 8.84. The zero-order valence-corrected chi connectivity index (χ0v) is 19.0. The highest BCUT2D eigenvalue weighted by Crippen LogP contribution is 2.41. The van der Waals surface area contributed by atoms with Gasteiger partial charge in [-0.05, 0) is 55.2 Å². The van der Waals surface area contributed by atoms with Crippen molar-refractivity contribution >= 4 is 41.0 Å². The number of amidine groups is 1. The van der Waals surface area contributed by atoms with Crippen LogP contribution in [0.15, 0.2) is 63.9 Å². The molecule has 0 aromatic heterocycles. The van der Waals surface area contributed by atoms with Crippen LogP contribution in [0, 0.1) is 0 Å². The minimum atomic E-state index is -0.558. The van der Waals surface area contributed by atoms with E-state index >= 15 is 0 Å². The highest BCUT2D eigenvalue weighted by atomic mass is 16.5. The number of aliphatic imine (C=N–C) groups is 2. The van der Waals surface area contributed by atoms with Gasteiger partial charge in [0, 0.05) is 23.5 Å². The Bertz CT molecular complexity index is 1290. The first-order valence-corrected chi connectivity index (χ1v) is 10.7. The quantitative estimate of drug-likeness (QED) is 0.625. The number of benzene rings is 2. The Balaban J connectivity index is 1.55. The summed E-state index contributed by atoms with van der Waals surface area (Å²) in [7, 11) is 1.63. The molecule has 0 aliphatic carbocycles. The van der Waals surface area contributed by atoms with Gasteiger partial charge in [0.15, 0.2) is 11.9 Å². The first kappa shape index (κ1) is 21.0. The largest absolute Gasteiger partial charge is 0.491 e. The topological polar surface area (TPSA) is 113 Å². The maximum Gasteiger partial charge on any atom is 0.287 e. The summed E-state index contributed by atoms with van der Waals surface area (Å²) in [6.07, 6.45) is 5.22. The summed E-state index contributed by atoms with van der Waals surface area (Å²) in [4.78, 5) is 21.2. The van der Waals surface area contributed by atoms with Gasteiger partial charge in [0.1, 0.15) is 6.21 Å². The van der Waals surface area contributed by atoms with E-state index in [1.54, 1.807) is 19.5 Å². The average Bonchev–Trinajstić information content (AvgIpc) is 3.27. The van der Waals surface area contributed by atoms with Crippen molar-refractivity contribution in [1.82, 2.24) is 4.59 Å². The standard InChI is InChI=1S/C24H25N7O2/c1-14(25)15-5-8-20(33-4)19(11-15)31-10-9-26-13-21(31)29-23(30-31)27-16-6-7-17-18(12-16)28-22(32)24(17,2)3/h5-14H,25H2,1-4H3,(H-,27,28,30,32)/p+1/t14-,31?/m1/s1. The van der Waals surface area contributed by atoms with E-state index in [4.69, 9.17) is 20.6 Å². The highest BCUT2D eigenvalue weighted by Gasteiger charge is 2.45. The van der Waals surface area contributed by atoms with Gasteiger partial charge in [-0.15, -0.1) is 0 Å². The molecule has 0 bridgehead atoms. The van der Waals surface area contributed by atoms with E-state index in [1.165, 1.54) is 0 Å². The molecule has 0 saturated heterocycles. The number of carbonyl (C=O) groups is 1. The van der Waals surface area contributed by atoms with Crippen LogP contribution in [-0.2, 0) is 10.2 Å². The lowest BCUT2D eigenvalue weighted by Gasteiger charge is -2.26. The van der Waals surface area contributed by atoms with Gasteiger partial charge in [-0.1, -0.05) is 16.7 Å². The van der Waals surface area contributed by atoms with Crippen molar-refractivity contribution < 1.29 is 9.53 Å². The third-order valence-corrected chi connectivity index (χ3v) is 6.24. The number of fused-ring (bicyclic) bond motifs is 2. The van der Waals surface area contributed by atoms with Gasteiger partial charge in [0.25, 0.3) is 11.8 Å². The van der Waals surface area contributed by atoms with Crippen LogP contribution in [0.1, 0.15) is 37.9 Å². The first-order chi connectivity index (χ1) is 15.7. The Kier molecular flexibility index (Phi) is 4.70. The maximum atomic E-state index is 12.3. The number of anilines is 2. The molecule has 2 aromatic rings. The van der Waals surface area contributed by atoms with E-state index in [1.807, 2.05) is 63.4 Å². The summed E-state index contributed by atoms with van der Waals surface area (Å²) < 4.78 is 5.63. The Morgan fingerprint density at radius 1 is 1.21 bits per heavy atom. The van der Waals surface area contributed by atoms with E-state index in [2.05, 4.69) is 15.6 Å². The molecule has 9 nitrogen and oxygen atoms in total. The van der Waals surface area contributed by atoms with Crippen LogP contribution in [0.3, 0.4) is 0 Å². The van der Waals surface area contributed by atoms with Crippen LogP contribution >= 0.6 is 0 Å². The van der Waals surface area contributed by atoms with Crippen molar-refractivity contribution in [3.63, 3.8) is 0 Å². The Labute approximate surface area is 192 Å². The molecule has 0 spiro atoms. The number of rotatable bonds is 4. The first-order valence-electron chi connectivity index (χ1n) is 10.7. The van der Waals surface area contributed by atoms with Crippen molar-refractivity contribution in [2.24, 2.45) is 20.8 Å². The van der Waals surface area contributed by atoms with Crippen LogP contribution in [0.2, 0.25) is 0 Å². The average molecular weight is 445 g/mol. The van der Waals surface area contributed by atoms with Gasteiger partial charge in [-0.3, -0.25) is 9.79 Å². The maximum absolute atomic E-state index is 12.3. The van der Waals surface area contributed by atoms with Gasteiger partial charge in [0.2, 0.25) is 11.6 Å². The summed E-state index contributed by atoms with van der Waals surface area (Å²) >= 11 is 0. The lowest BCUT2D eigenvalue weighted by atomic mass is 9.86. The van der Waals surface area contributed by atoms with Crippen LogP contribution in [0.5, 0.6) is 5.75 Å². The SMILES string of the molecule is COc1ccc([C@@H](C)N)cc1[N+]12C=CN=CC1=NC(Nc1ccc3c(c1)NC(=O)C3(C)C)=N2. The molecule has 0 radical (unpaired) electrons. The van der Waals surface area contributed by atoms with Crippen molar-refractivity contribution in [2.45, 2.75) is 32.2 Å². The molecule has 4 N–H and O–H groups in total.